The Balaban J connectivity index is 2.17. The molecule has 17 heavy (non-hydrogen) atoms. The lowest BCUT2D eigenvalue weighted by Crippen LogP contribution is -2.28. The van der Waals surface area contributed by atoms with Gasteiger partial charge in [-0.25, -0.2) is 4.98 Å². The summed E-state index contributed by atoms with van der Waals surface area (Å²) < 4.78 is 1.35. The van der Waals surface area contributed by atoms with Gasteiger partial charge in [-0.15, -0.1) is 0 Å². The maximum atomic E-state index is 5.92. The molecule has 0 bridgehead atoms. The van der Waals surface area contributed by atoms with Gasteiger partial charge in [0.15, 0.2) is 0 Å². The largest absolute Gasteiger partial charge is 0.355 e. The number of rotatable bonds is 1. The van der Waals surface area contributed by atoms with Crippen molar-refractivity contribution in [2.45, 2.75) is 25.0 Å². The number of hydrogen-bond donors (Lipinski definition) is 0. The highest BCUT2D eigenvalue weighted by atomic mass is 79.9. The van der Waals surface area contributed by atoms with Crippen LogP contribution in [0.2, 0.25) is 5.02 Å². The maximum Gasteiger partial charge on any atom is 0.142 e. The molecule has 2 rings (SSSR count). The van der Waals surface area contributed by atoms with E-state index < -0.39 is 0 Å². The molecule has 1 aliphatic heterocycles. The van der Waals surface area contributed by atoms with E-state index in [0.717, 1.165) is 29.1 Å². The first kappa shape index (κ1) is 13.5. The molecule has 1 aromatic rings. The number of nitrogens with zero attached hydrogens (tertiary/aromatic N) is 2. The quantitative estimate of drug-likeness (QED) is 0.764. The first-order valence-electron chi connectivity index (χ1n) is 5.68. The summed E-state index contributed by atoms with van der Waals surface area (Å²) in [5, 5.41) is 0.671. The number of pyridine rings is 1. The van der Waals surface area contributed by atoms with E-state index in [0.29, 0.717) is 9.77 Å². The number of hydrogen-bond acceptors (Lipinski definition) is 3. The molecule has 0 saturated carbocycles. The summed E-state index contributed by atoms with van der Waals surface area (Å²) in [7, 11) is 0. The second-order valence-corrected chi connectivity index (χ2v) is 7.90. The van der Waals surface area contributed by atoms with Crippen molar-refractivity contribution in [2.75, 3.05) is 23.7 Å². The Hall–Kier alpha value is 0.0700. The van der Waals surface area contributed by atoms with Crippen molar-refractivity contribution in [3.05, 3.63) is 21.8 Å². The zero-order chi connectivity index (χ0) is 12.5. The zero-order valence-corrected chi connectivity index (χ0v) is 13.2. The minimum absolute atomic E-state index is 0.369. The third kappa shape index (κ3) is 3.52. The lowest BCUT2D eigenvalue weighted by Gasteiger charge is -2.24. The maximum absolute atomic E-state index is 5.92. The smallest absolute Gasteiger partial charge is 0.142 e. The minimum Gasteiger partial charge on any atom is -0.355 e. The Labute approximate surface area is 120 Å². The first-order valence-corrected chi connectivity index (χ1v) is 7.83. The van der Waals surface area contributed by atoms with Crippen LogP contribution in [0.15, 0.2) is 16.7 Å². The van der Waals surface area contributed by atoms with Crippen molar-refractivity contribution < 1.29 is 0 Å². The van der Waals surface area contributed by atoms with E-state index in [1.165, 1.54) is 6.42 Å². The fraction of sp³-hybridized carbons (Fsp3) is 0.583. The van der Waals surface area contributed by atoms with Crippen molar-refractivity contribution in [3.8, 4) is 0 Å². The van der Waals surface area contributed by atoms with Crippen LogP contribution in [0.1, 0.15) is 20.3 Å². The van der Waals surface area contributed by atoms with E-state index in [9.17, 15) is 0 Å². The molecule has 0 amide bonds. The third-order valence-corrected chi connectivity index (χ3v) is 5.09. The molecule has 0 aliphatic carbocycles. The number of aromatic nitrogens is 1. The molecule has 0 aromatic carbocycles. The average molecular weight is 336 g/mol. The normalized spacial score (nSPS) is 20.1. The van der Waals surface area contributed by atoms with Crippen LogP contribution < -0.4 is 4.90 Å². The topological polar surface area (TPSA) is 16.1 Å². The molecule has 2 nitrogen and oxygen atoms in total. The van der Waals surface area contributed by atoms with Crippen LogP contribution >= 0.6 is 39.3 Å². The van der Waals surface area contributed by atoms with Gasteiger partial charge in [0, 0.05) is 29.8 Å². The summed E-state index contributed by atoms with van der Waals surface area (Å²) >= 11 is 11.5. The van der Waals surface area contributed by atoms with E-state index in [2.05, 4.69) is 39.7 Å². The van der Waals surface area contributed by atoms with Crippen LogP contribution in [-0.4, -0.2) is 28.6 Å². The molecule has 5 heteroatoms. The summed E-state index contributed by atoms with van der Waals surface area (Å²) in [6.07, 6.45) is 2.89. The van der Waals surface area contributed by atoms with Gasteiger partial charge in [0.1, 0.15) is 5.82 Å². The molecule has 94 valence electrons. The highest BCUT2D eigenvalue weighted by molar-refractivity contribution is 9.10. The molecular formula is C12H16BrClN2S. The molecule has 1 fully saturated rings. The Morgan fingerprint density at radius 1 is 1.47 bits per heavy atom. The van der Waals surface area contributed by atoms with Gasteiger partial charge in [-0.05, 0) is 28.4 Å². The van der Waals surface area contributed by atoms with Crippen LogP contribution in [0, 0.1) is 0 Å². The summed E-state index contributed by atoms with van der Waals surface area (Å²) in [6.45, 7) is 6.71. The van der Waals surface area contributed by atoms with E-state index in [1.807, 2.05) is 17.8 Å². The second-order valence-electron chi connectivity index (χ2n) is 4.80. The van der Waals surface area contributed by atoms with E-state index in [1.54, 1.807) is 6.20 Å². The van der Waals surface area contributed by atoms with Crippen LogP contribution in [0.4, 0.5) is 5.82 Å². The predicted octanol–water partition coefficient (Wildman–Crippen LogP) is 4.22. The van der Waals surface area contributed by atoms with Gasteiger partial charge >= 0.3 is 0 Å². The summed E-state index contributed by atoms with van der Waals surface area (Å²) in [5.74, 6) is 2.15. The second kappa shape index (κ2) is 5.37. The standard InChI is InChI=1S/C12H16BrClN2S/c1-12(2)3-4-16(5-6-17-12)11-10(13)7-9(14)8-15-11/h7-8H,3-6H2,1-2H3. The minimum atomic E-state index is 0.369. The Morgan fingerprint density at radius 3 is 2.94 bits per heavy atom. The van der Waals surface area contributed by atoms with Gasteiger partial charge in [-0.2, -0.15) is 11.8 Å². The highest BCUT2D eigenvalue weighted by Crippen LogP contribution is 2.34. The van der Waals surface area contributed by atoms with Gasteiger partial charge in [0.05, 0.1) is 9.50 Å². The predicted molar refractivity (Wildman–Crippen MR) is 80.3 cm³/mol. The Kier molecular flexibility index (Phi) is 4.26. The summed E-state index contributed by atoms with van der Waals surface area (Å²) in [6, 6.07) is 1.91. The molecule has 0 radical (unpaired) electrons. The lowest BCUT2D eigenvalue weighted by molar-refractivity contribution is 0.634. The molecule has 0 spiro atoms. The highest BCUT2D eigenvalue weighted by Gasteiger charge is 2.24. The van der Waals surface area contributed by atoms with Crippen LogP contribution in [0.5, 0.6) is 0 Å². The molecular weight excluding hydrogens is 320 g/mol. The molecule has 1 aromatic heterocycles. The van der Waals surface area contributed by atoms with Gasteiger partial charge in [0.25, 0.3) is 0 Å². The third-order valence-electron chi connectivity index (χ3n) is 2.93. The SMILES string of the molecule is CC1(C)CCN(c2ncc(Cl)cc2Br)CCS1. The fourth-order valence-corrected chi connectivity index (χ4v) is 3.86. The van der Waals surface area contributed by atoms with Crippen LogP contribution in [0.25, 0.3) is 0 Å². The van der Waals surface area contributed by atoms with E-state index in [-0.39, 0.29) is 0 Å². The Bertz CT molecular complexity index is 411. The molecule has 1 saturated heterocycles. The number of anilines is 1. The van der Waals surface area contributed by atoms with Gasteiger partial charge in [-0.3, -0.25) is 0 Å². The number of thioether (sulfide) groups is 1. The average Bonchev–Trinajstić information content (AvgIpc) is 2.40. The van der Waals surface area contributed by atoms with Crippen LogP contribution in [-0.2, 0) is 0 Å². The molecule has 0 unspecified atom stereocenters. The van der Waals surface area contributed by atoms with Crippen molar-refractivity contribution in [1.29, 1.82) is 0 Å². The van der Waals surface area contributed by atoms with Gasteiger partial charge < -0.3 is 4.90 Å². The molecule has 1 aliphatic rings. The first-order chi connectivity index (χ1) is 7.98. The van der Waals surface area contributed by atoms with E-state index in [4.69, 9.17) is 11.6 Å². The summed E-state index contributed by atoms with van der Waals surface area (Å²) in [5.41, 5.74) is 0. The monoisotopic (exact) mass is 334 g/mol. The zero-order valence-electron chi connectivity index (χ0n) is 10.0. The molecule has 0 N–H and O–H groups in total. The Morgan fingerprint density at radius 2 is 2.24 bits per heavy atom. The van der Waals surface area contributed by atoms with Crippen molar-refractivity contribution in [3.63, 3.8) is 0 Å². The van der Waals surface area contributed by atoms with Gasteiger partial charge in [-0.1, -0.05) is 25.4 Å². The van der Waals surface area contributed by atoms with Crippen molar-refractivity contribution in [1.82, 2.24) is 4.98 Å². The van der Waals surface area contributed by atoms with E-state index >= 15 is 0 Å². The molecule has 0 atom stereocenters. The van der Waals surface area contributed by atoms with Crippen molar-refractivity contribution >= 4 is 45.1 Å². The molecule has 2 heterocycles. The fourth-order valence-electron chi connectivity index (χ4n) is 1.87. The lowest BCUT2D eigenvalue weighted by atomic mass is 10.1. The van der Waals surface area contributed by atoms with Crippen LogP contribution in [0.3, 0.4) is 0 Å². The van der Waals surface area contributed by atoms with Gasteiger partial charge in [0.2, 0.25) is 0 Å². The number of halogens is 2. The van der Waals surface area contributed by atoms with Crippen molar-refractivity contribution in [2.24, 2.45) is 0 Å². The summed E-state index contributed by atoms with van der Waals surface area (Å²) in [4.78, 5) is 6.76.